The third-order valence-corrected chi connectivity index (χ3v) is 4.57. The van der Waals surface area contributed by atoms with Crippen molar-refractivity contribution in [2.75, 3.05) is 13.6 Å². The number of benzene rings is 1. The molecule has 2 aromatic heterocycles. The minimum Gasteiger partial charge on any atom is -0.455 e. The van der Waals surface area contributed by atoms with Gasteiger partial charge in [-0.2, -0.15) is 0 Å². The summed E-state index contributed by atoms with van der Waals surface area (Å²) in [5.41, 5.74) is 6.00. The molecule has 0 saturated heterocycles. The number of carbonyl (C=O) groups excluding carboxylic acids is 1. The summed E-state index contributed by atoms with van der Waals surface area (Å²) in [5, 5.41) is 11.3. The number of para-hydroxylation sites is 1. The number of amides is 1. The van der Waals surface area contributed by atoms with Crippen LogP contribution in [0.2, 0.25) is 0 Å². The van der Waals surface area contributed by atoms with Gasteiger partial charge in [0.25, 0.3) is 5.91 Å². The van der Waals surface area contributed by atoms with Gasteiger partial charge in [-0.3, -0.25) is 9.36 Å². The summed E-state index contributed by atoms with van der Waals surface area (Å²) in [5.74, 6) is 1.20. The second-order valence-corrected chi connectivity index (χ2v) is 6.30. The van der Waals surface area contributed by atoms with Gasteiger partial charge in [-0.1, -0.05) is 23.9 Å². The molecule has 0 unspecified atom stereocenters. The molecule has 10 heteroatoms. The van der Waals surface area contributed by atoms with Crippen molar-refractivity contribution in [2.24, 2.45) is 5.73 Å². The molecule has 0 aliphatic carbocycles. The van der Waals surface area contributed by atoms with E-state index >= 15 is 0 Å². The summed E-state index contributed by atoms with van der Waals surface area (Å²) < 4.78 is 21.4. The summed E-state index contributed by atoms with van der Waals surface area (Å²) in [7, 11) is 1.54. The summed E-state index contributed by atoms with van der Waals surface area (Å²) in [6.45, 7) is 0.380. The topological polar surface area (TPSA) is 99.0 Å². The van der Waals surface area contributed by atoms with E-state index in [1.165, 1.54) is 24.9 Å². The molecule has 3 N–H and O–H groups in total. The first-order valence-electron chi connectivity index (χ1n) is 7.97. The molecule has 0 bridgehead atoms. The number of aromatic nitrogens is 3. The Hall–Kier alpha value is -2.36. The van der Waals surface area contributed by atoms with Crippen molar-refractivity contribution in [1.29, 1.82) is 0 Å². The van der Waals surface area contributed by atoms with Gasteiger partial charge in [-0.15, -0.1) is 22.6 Å². The van der Waals surface area contributed by atoms with E-state index in [-0.39, 0.29) is 29.9 Å². The zero-order valence-electron chi connectivity index (χ0n) is 14.5. The third-order valence-electron chi connectivity index (χ3n) is 3.62. The minimum absolute atomic E-state index is 0. The van der Waals surface area contributed by atoms with Gasteiger partial charge in [-0.25, -0.2) is 4.39 Å². The number of nitrogens with zero attached hydrogens (tertiary/aromatic N) is 3. The summed E-state index contributed by atoms with van der Waals surface area (Å²) in [6, 6.07) is 9.76. The third kappa shape index (κ3) is 4.68. The molecule has 0 saturated carbocycles. The highest BCUT2D eigenvalue weighted by molar-refractivity contribution is 7.98. The zero-order valence-corrected chi connectivity index (χ0v) is 16.1. The molecule has 0 atom stereocenters. The van der Waals surface area contributed by atoms with Crippen molar-refractivity contribution in [2.45, 2.75) is 17.3 Å². The van der Waals surface area contributed by atoms with Crippen LogP contribution in [-0.4, -0.2) is 34.3 Å². The fourth-order valence-electron chi connectivity index (χ4n) is 2.40. The smallest absolute Gasteiger partial charge is 0.286 e. The van der Waals surface area contributed by atoms with Crippen molar-refractivity contribution >= 4 is 30.1 Å². The van der Waals surface area contributed by atoms with Crippen LogP contribution in [0.15, 0.2) is 46.0 Å². The van der Waals surface area contributed by atoms with E-state index in [0.29, 0.717) is 41.1 Å². The van der Waals surface area contributed by atoms with Crippen LogP contribution >= 0.6 is 24.2 Å². The van der Waals surface area contributed by atoms with Crippen LogP contribution in [0.1, 0.15) is 22.1 Å². The van der Waals surface area contributed by atoms with Crippen LogP contribution in [-0.2, 0) is 12.2 Å². The second-order valence-electron chi connectivity index (χ2n) is 5.36. The Balaban J connectivity index is 0.00000261. The molecule has 0 aliphatic rings. The molecule has 3 aromatic rings. The Morgan fingerprint density at radius 1 is 1.30 bits per heavy atom. The average molecular weight is 412 g/mol. The first-order valence-corrected chi connectivity index (χ1v) is 8.95. The van der Waals surface area contributed by atoms with E-state index in [2.05, 4.69) is 15.5 Å². The number of hydrogen-bond acceptors (Lipinski definition) is 6. The molecule has 7 nitrogen and oxygen atoms in total. The van der Waals surface area contributed by atoms with E-state index in [1.807, 2.05) is 0 Å². The van der Waals surface area contributed by atoms with Crippen LogP contribution in [0.5, 0.6) is 0 Å². The van der Waals surface area contributed by atoms with Crippen LogP contribution in [0.25, 0.3) is 5.69 Å². The largest absolute Gasteiger partial charge is 0.455 e. The first-order chi connectivity index (χ1) is 12.6. The molecule has 0 fully saturated rings. The fraction of sp³-hybridized carbons (Fsp3) is 0.235. The fourth-order valence-corrected chi connectivity index (χ4v) is 3.25. The SMILES string of the molecule is CNC(=O)c1ccc(CSc2nnc(CCN)n2-c2ccccc2F)o1.Cl. The van der Waals surface area contributed by atoms with E-state index in [4.69, 9.17) is 10.2 Å². The van der Waals surface area contributed by atoms with Gasteiger partial charge in [0, 0.05) is 13.5 Å². The number of halogens is 2. The summed E-state index contributed by atoms with van der Waals surface area (Å²) in [4.78, 5) is 11.6. The van der Waals surface area contributed by atoms with E-state index in [0.717, 1.165) is 0 Å². The van der Waals surface area contributed by atoms with Crippen molar-refractivity contribution < 1.29 is 13.6 Å². The van der Waals surface area contributed by atoms with Crippen molar-refractivity contribution in [3.05, 3.63) is 59.6 Å². The van der Waals surface area contributed by atoms with Gasteiger partial charge in [0.1, 0.15) is 17.4 Å². The Morgan fingerprint density at radius 2 is 2.07 bits per heavy atom. The zero-order chi connectivity index (χ0) is 18.5. The normalized spacial score (nSPS) is 10.5. The molecular weight excluding hydrogens is 393 g/mol. The van der Waals surface area contributed by atoms with Crippen LogP contribution in [0, 0.1) is 5.82 Å². The van der Waals surface area contributed by atoms with Crippen molar-refractivity contribution in [3.63, 3.8) is 0 Å². The lowest BCUT2D eigenvalue weighted by atomic mass is 10.3. The Bertz CT molecular complexity index is 914. The molecule has 0 spiro atoms. The number of thioether (sulfide) groups is 1. The number of hydrogen-bond donors (Lipinski definition) is 2. The van der Waals surface area contributed by atoms with Gasteiger partial charge in [-0.05, 0) is 30.8 Å². The lowest BCUT2D eigenvalue weighted by Crippen LogP contribution is -2.16. The summed E-state index contributed by atoms with van der Waals surface area (Å²) >= 11 is 1.34. The lowest BCUT2D eigenvalue weighted by Gasteiger charge is -2.10. The molecule has 144 valence electrons. The Morgan fingerprint density at radius 3 is 2.78 bits per heavy atom. The standard InChI is InChI=1S/C17H18FN5O2S.ClH/c1-20-16(24)14-7-6-11(25-14)10-26-17-22-21-15(8-9-19)23(17)13-5-3-2-4-12(13)18;/h2-7H,8-10,19H2,1H3,(H,20,24);1H. The number of carbonyl (C=O) groups is 1. The van der Waals surface area contributed by atoms with Gasteiger partial charge >= 0.3 is 0 Å². The maximum absolute atomic E-state index is 14.3. The Labute approximate surface area is 165 Å². The number of furan rings is 1. The second kappa shape index (κ2) is 9.54. The van der Waals surface area contributed by atoms with Crippen LogP contribution < -0.4 is 11.1 Å². The monoisotopic (exact) mass is 411 g/mol. The number of nitrogens with two attached hydrogens (primary N) is 1. The Kier molecular flexibility index (Phi) is 7.40. The molecule has 0 radical (unpaired) electrons. The predicted molar refractivity (Wildman–Crippen MR) is 103 cm³/mol. The lowest BCUT2D eigenvalue weighted by molar-refractivity contribution is 0.0934. The van der Waals surface area contributed by atoms with E-state index in [1.54, 1.807) is 34.9 Å². The quantitative estimate of drug-likeness (QED) is 0.580. The van der Waals surface area contributed by atoms with Gasteiger partial charge in [0.2, 0.25) is 0 Å². The molecule has 2 heterocycles. The molecular formula is C17H19ClFN5O2S. The molecule has 0 aliphatic heterocycles. The minimum atomic E-state index is -0.368. The molecule has 1 aromatic carbocycles. The first kappa shape index (κ1) is 20.9. The molecule has 27 heavy (non-hydrogen) atoms. The predicted octanol–water partition coefficient (Wildman–Crippen LogP) is 2.57. The van der Waals surface area contributed by atoms with Gasteiger partial charge < -0.3 is 15.5 Å². The molecule has 1 amide bonds. The van der Waals surface area contributed by atoms with Crippen molar-refractivity contribution in [3.8, 4) is 5.69 Å². The van der Waals surface area contributed by atoms with E-state index < -0.39 is 0 Å². The van der Waals surface area contributed by atoms with Crippen LogP contribution in [0.3, 0.4) is 0 Å². The highest BCUT2D eigenvalue weighted by atomic mass is 35.5. The van der Waals surface area contributed by atoms with Crippen molar-refractivity contribution in [1.82, 2.24) is 20.1 Å². The number of nitrogens with one attached hydrogen (secondary N) is 1. The van der Waals surface area contributed by atoms with Gasteiger partial charge in [0.15, 0.2) is 10.9 Å². The molecule has 3 rings (SSSR count). The highest BCUT2D eigenvalue weighted by Crippen LogP contribution is 2.27. The van der Waals surface area contributed by atoms with Crippen LogP contribution in [0.4, 0.5) is 4.39 Å². The maximum Gasteiger partial charge on any atom is 0.286 e. The number of rotatable bonds is 7. The highest BCUT2D eigenvalue weighted by Gasteiger charge is 2.17. The van der Waals surface area contributed by atoms with Gasteiger partial charge in [0.05, 0.1) is 11.4 Å². The average Bonchev–Trinajstić information content (AvgIpc) is 3.27. The summed E-state index contributed by atoms with van der Waals surface area (Å²) in [6.07, 6.45) is 0.476. The van der Waals surface area contributed by atoms with E-state index in [9.17, 15) is 9.18 Å². The maximum atomic E-state index is 14.3.